The molecule has 0 saturated heterocycles. The summed E-state index contributed by atoms with van der Waals surface area (Å²) in [6, 6.07) is 23.0. The minimum Gasteiger partial charge on any atom is -0.487 e. The average Bonchev–Trinajstić information content (AvgIpc) is 2.73. The summed E-state index contributed by atoms with van der Waals surface area (Å²) >= 11 is 0. The van der Waals surface area contributed by atoms with Gasteiger partial charge >= 0.3 is 5.97 Å². The minimum absolute atomic E-state index is 0.164. The molecule has 0 spiro atoms. The molecule has 140 valence electrons. The second-order valence-electron chi connectivity index (χ2n) is 6.50. The van der Waals surface area contributed by atoms with Crippen molar-refractivity contribution in [1.82, 2.24) is 4.57 Å². The minimum atomic E-state index is -0.487. The largest absolute Gasteiger partial charge is 0.487 e. The molecule has 5 nitrogen and oxygen atoms in total. The van der Waals surface area contributed by atoms with Crippen molar-refractivity contribution >= 4 is 27.6 Å². The number of para-hydroxylation sites is 1. The summed E-state index contributed by atoms with van der Waals surface area (Å²) in [6.45, 7) is 0.189. The fourth-order valence-electron chi connectivity index (χ4n) is 3.28. The van der Waals surface area contributed by atoms with Gasteiger partial charge in [0.15, 0.2) is 0 Å². The van der Waals surface area contributed by atoms with Gasteiger partial charge < -0.3 is 9.47 Å². The van der Waals surface area contributed by atoms with Gasteiger partial charge in [-0.3, -0.25) is 14.2 Å². The number of pyridine rings is 1. The van der Waals surface area contributed by atoms with Crippen LogP contribution in [0.1, 0.15) is 5.56 Å². The number of methoxy groups -OCH3 is 1. The maximum Gasteiger partial charge on any atom is 0.325 e. The molecule has 0 bridgehead atoms. The molecule has 5 heteroatoms. The van der Waals surface area contributed by atoms with Crippen LogP contribution in [-0.4, -0.2) is 17.6 Å². The van der Waals surface area contributed by atoms with Gasteiger partial charge in [0.1, 0.15) is 18.9 Å². The Balaban J connectivity index is 1.70. The van der Waals surface area contributed by atoms with E-state index in [1.54, 1.807) is 12.1 Å². The zero-order chi connectivity index (χ0) is 19.5. The van der Waals surface area contributed by atoms with Gasteiger partial charge in [0.05, 0.1) is 12.6 Å². The van der Waals surface area contributed by atoms with E-state index in [9.17, 15) is 9.59 Å². The summed E-state index contributed by atoms with van der Waals surface area (Å²) in [5, 5.41) is 3.13. The van der Waals surface area contributed by atoms with Gasteiger partial charge in [-0.1, -0.05) is 48.5 Å². The van der Waals surface area contributed by atoms with Crippen LogP contribution >= 0.6 is 0 Å². The smallest absolute Gasteiger partial charge is 0.325 e. The van der Waals surface area contributed by atoms with Crippen LogP contribution in [-0.2, 0) is 22.7 Å². The lowest BCUT2D eigenvalue weighted by Gasteiger charge is -2.14. The predicted molar refractivity (Wildman–Crippen MR) is 109 cm³/mol. The molecule has 4 aromatic rings. The fraction of sp³-hybridized carbons (Fsp3) is 0.130. The highest BCUT2D eigenvalue weighted by molar-refractivity contribution is 5.86. The second-order valence-corrected chi connectivity index (χ2v) is 6.50. The number of benzene rings is 3. The molecule has 3 aromatic carbocycles. The zero-order valence-electron chi connectivity index (χ0n) is 15.4. The third kappa shape index (κ3) is 3.47. The standard InChI is InChI=1S/C23H19NO4/c1-27-22(26)14-24-21(25)12-11-18-7-4-8-20(23(18)24)28-15-16-9-10-17-5-2-3-6-19(17)13-16/h2-13H,14-15H2,1H3. The van der Waals surface area contributed by atoms with Gasteiger partial charge in [-0.05, 0) is 34.5 Å². The molecule has 0 radical (unpaired) electrons. The molecular formula is C23H19NO4. The van der Waals surface area contributed by atoms with Crippen molar-refractivity contribution in [2.24, 2.45) is 0 Å². The SMILES string of the molecule is COC(=O)Cn1c(=O)ccc2cccc(OCc3ccc4ccccc4c3)c21. The van der Waals surface area contributed by atoms with Gasteiger partial charge in [-0.2, -0.15) is 0 Å². The third-order valence-electron chi connectivity index (χ3n) is 4.69. The Morgan fingerprint density at radius 2 is 1.64 bits per heavy atom. The first kappa shape index (κ1) is 17.8. The summed E-state index contributed by atoms with van der Waals surface area (Å²) in [6.07, 6.45) is 0. The molecule has 0 saturated carbocycles. The lowest BCUT2D eigenvalue weighted by molar-refractivity contribution is -0.141. The Bertz CT molecular complexity index is 1230. The van der Waals surface area contributed by atoms with Crippen molar-refractivity contribution in [1.29, 1.82) is 0 Å². The average molecular weight is 373 g/mol. The Morgan fingerprint density at radius 3 is 2.46 bits per heavy atom. The number of fused-ring (bicyclic) bond motifs is 2. The van der Waals surface area contributed by atoms with Crippen LogP contribution in [0.25, 0.3) is 21.7 Å². The van der Waals surface area contributed by atoms with E-state index in [-0.39, 0.29) is 12.1 Å². The number of aromatic nitrogens is 1. The number of rotatable bonds is 5. The van der Waals surface area contributed by atoms with Crippen LogP contribution in [0, 0.1) is 0 Å². The first-order valence-electron chi connectivity index (χ1n) is 8.95. The maximum atomic E-state index is 12.4. The first-order chi connectivity index (χ1) is 13.7. The van der Waals surface area contributed by atoms with Crippen molar-refractivity contribution in [2.75, 3.05) is 7.11 Å². The van der Waals surface area contributed by atoms with E-state index in [2.05, 4.69) is 24.3 Å². The number of esters is 1. The molecule has 0 aliphatic carbocycles. The van der Waals surface area contributed by atoms with Crippen molar-refractivity contribution in [3.8, 4) is 5.75 Å². The molecule has 4 rings (SSSR count). The van der Waals surface area contributed by atoms with Crippen LogP contribution in [0.3, 0.4) is 0 Å². The molecule has 0 aliphatic rings. The van der Waals surface area contributed by atoms with Crippen LogP contribution in [0.5, 0.6) is 5.75 Å². The highest BCUT2D eigenvalue weighted by Crippen LogP contribution is 2.26. The van der Waals surface area contributed by atoms with Crippen LogP contribution in [0.4, 0.5) is 0 Å². The normalized spacial score (nSPS) is 10.9. The molecule has 28 heavy (non-hydrogen) atoms. The molecule has 0 fully saturated rings. The molecule has 1 aromatic heterocycles. The lowest BCUT2D eigenvalue weighted by atomic mass is 10.1. The summed E-state index contributed by atoms with van der Waals surface area (Å²) < 4.78 is 12.2. The van der Waals surface area contributed by atoms with Crippen molar-refractivity contribution < 1.29 is 14.3 Å². The van der Waals surface area contributed by atoms with E-state index in [4.69, 9.17) is 9.47 Å². The number of ether oxygens (including phenoxy) is 2. The summed E-state index contributed by atoms with van der Waals surface area (Å²) in [7, 11) is 1.30. The second kappa shape index (κ2) is 7.56. The van der Waals surface area contributed by atoms with Gasteiger partial charge in [-0.15, -0.1) is 0 Å². The third-order valence-corrected chi connectivity index (χ3v) is 4.69. The highest BCUT2D eigenvalue weighted by Gasteiger charge is 2.12. The summed E-state index contributed by atoms with van der Waals surface area (Å²) in [5.41, 5.74) is 1.33. The van der Waals surface area contributed by atoms with E-state index < -0.39 is 5.97 Å². The lowest BCUT2D eigenvalue weighted by Crippen LogP contribution is -2.24. The van der Waals surface area contributed by atoms with Crippen molar-refractivity contribution in [2.45, 2.75) is 13.2 Å². The Morgan fingerprint density at radius 1 is 0.893 bits per heavy atom. The molecule has 0 N–H and O–H groups in total. The number of nitrogens with zero attached hydrogens (tertiary/aromatic N) is 1. The van der Waals surface area contributed by atoms with E-state index in [1.807, 2.05) is 30.3 Å². The number of hydrogen-bond donors (Lipinski definition) is 0. The molecule has 0 aliphatic heterocycles. The van der Waals surface area contributed by atoms with Gasteiger partial charge in [0.2, 0.25) is 0 Å². The van der Waals surface area contributed by atoms with E-state index in [0.717, 1.165) is 16.3 Å². The number of carbonyl (C=O) groups excluding carboxylic acids is 1. The number of carbonyl (C=O) groups is 1. The Kier molecular flexibility index (Phi) is 4.81. The van der Waals surface area contributed by atoms with Gasteiger partial charge in [0.25, 0.3) is 5.56 Å². The quantitative estimate of drug-likeness (QED) is 0.498. The molecular weight excluding hydrogens is 354 g/mol. The van der Waals surface area contributed by atoms with Gasteiger partial charge in [-0.25, -0.2) is 0 Å². The van der Waals surface area contributed by atoms with Crippen LogP contribution < -0.4 is 10.3 Å². The van der Waals surface area contributed by atoms with E-state index >= 15 is 0 Å². The fourth-order valence-corrected chi connectivity index (χ4v) is 3.28. The van der Waals surface area contributed by atoms with Gasteiger partial charge in [0, 0.05) is 11.5 Å². The van der Waals surface area contributed by atoms with Crippen molar-refractivity contribution in [3.63, 3.8) is 0 Å². The zero-order valence-corrected chi connectivity index (χ0v) is 15.4. The predicted octanol–water partition coefficient (Wildman–Crippen LogP) is 3.91. The molecule has 0 amide bonds. The number of hydrogen-bond acceptors (Lipinski definition) is 4. The van der Waals surface area contributed by atoms with E-state index in [1.165, 1.54) is 23.1 Å². The topological polar surface area (TPSA) is 57.5 Å². The molecule has 0 atom stereocenters. The summed E-state index contributed by atoms with van der Waals surface area (Å²) in [4.78, 5) is 24.1. The van der Waals surface area contributed by atoms with Crippen LogP contribution in [0.2, 0.25) is 0 Å². The first-order valence-corrected chi connectivity index (χ1v) is 8.95. The van der Waals surface area contributed by atoms with Crippen LogP contribution in [0.15, 0.2) is 77.6 Å². The Hall–Kier alpha value is -3.60. The molecule has 0 unspecified atom stereocenters. The highest BCUT2D eigenvalue weighted by atomic mass is 16.5. The maximum absolute atomic E-state index is 12.4. The molecule has 1 heterocycles. The van der Waals surface area contributed by atoms with Crippen molar-refractivity contribution in [3.05, 3.63) is 88.7 Å². The van der Waals surface area contributed by atoms with E-state index in [0.29, 0.717) is 17.9 Å². The summed E-state index contributed by atoms with van der Waals surface area (Å²) in [5.74, 6) is 0.0613. The Labute approximate surface area is 161 Å². The monoisotopic (exact) mass is 373 g/mol.